The lowest BCUT2D eigenvalue weighted by Crippen LogP contribution is -2.27. The van der Waals surface area contributed by atoms with E-state index < -0.39 is 10.0 Å². The molecule has 0 amide bonds. The molecule has 0 radical (unpaired) electrons. The zero-order chi connectivity index (χ0) is 21.1. The molecule has 8 nitrogen and oxygen atoms in total. The van der Waals surface area contributed by atoms with Gasteiger partial charge in [0.2, 0.25) is 5.95 Å². The number of sulfonamides is 1. The summed E-state index contributed by atoms with van der Waals surface area (Å²) in [5, 5.41) is 3.13. The predicted molar refractivity (Wildman–Crippen MR) is 116 cm³/mol. The van der Waals surface area contributed by atoms with Crippen molar-refractivity contribution in [1.29, 1.82) is 0 Å². The number of methoxy groups -OCH3 is 2. The van der Waals surface area contributed by atoms with Crippen LogP contribution in [-0.4, -0.2) is 50.0 Å². The van der Waals surface area contributed by atoms with Crippen LogP contribution in [0.4, 0.5) is 11.6 Å². The van der Waals surface area contributed by atoms with Gasteiger partial charge < -0.3 is 14.8 Å². The van der Waals surface area contributed by atoms with Crippen molar-refractivity contribution in [3.8, 4) is 22.1 Å². The Morgan fingerprint density at radius 1 is 1.03 bits per heavy atom. The summed E-state index contributed by atoms with van der Waals surface area (Å²) < 4.78 is 37.8. The first-order valence-electron chi connectivity index (χ1n) is 9.09. The fourth-order valence-corrected chi connectivity index (χ4v) is 5.75. The number of anilines is 2. The second-order valence-electron chi connectivity index (χ2n) is 6.37. The van der Waals surface area contributed by atoms with Gasteiger partial charge in [0.1, 0.15) is 4.21 Å². The maximum Gasteiger partial charge on any atom is 0.253 e. The molecule has 1 aromatic carbocycles. The van der Waals surface area contributed by atoms with Gasteiger partial charge in [-0.15, -0.1) is 11.3 Å². The number of benzene rings is 1. The number of nitrogens with zero attached hydrogens (tertiary/aromatic N) is 3. The van der Waals surface area contributed by atoms with Crippen molar-refractivity contribution in [3.63, 3.8) is 0 Å². The van der Waals surface area contributed by atoms with Gasteiger partial charge in [0, 0.05) is 31.0 Å². The van der Waals surface area contributed by atoms with Crippen molar-refractivity contribution >= 4 is 33.0 Å². The molecular formula is C20H20N4O4S2. The van der Waals surface area contributed by atoms with Crippen LogP contribution >= 0.6 is 11.3 Å². The van der Waals surface area contributed by atoms with Gasteiger partial charge in [0.05, 0.1) is 24.8 Å². The SMILES string of the molecule is COc1ccc(Nc2nccc(-c3ccc(S(=O)(=O)N4CC=CC4)s3)n2)cc1OC. The number of hydrogen-bond acceptors (Lipinski definition) is 8. The van der Waals surface area contributed by atoms with Crippen LogP contribution in [0.3, 0.4) is 0 Å². The molecule has 0 fully saturated rings. The minimum Gasteiger partial charge on any atom is -0.493 e. The molecular weight excluding hydrogens is 424 g/mol. The van der Waals surface area contributed by atoms with E-state index in [1.165, 1.54) is 15.6 Å². The van der Waals surface area contributed by atoms with Gasteiger partial charge in [0.15, 0.2) is 11.5 Å². The summed E-state index contributed by atoms with van der Waals surface area (Å²) in [7, 11) is -0.349. The van der Waals surface area contributed by atoms with Crippen molar-refractivity contribution < 1.29 is 17.9 Å². The van der Waals surface area contributed by atoms with Crippen LogP contribution in [-0.2, 0) is 10.0 Å². The van der Waals surface area contributed by atoms with Crippen molar-refractivity contribution in [3.05, 3.63) is 54.7 Å². The Morgan fingerprint density at radius 2 is 1.80 bits per heavy atom. The number of hydrogen-bond donors (Lipinski definition) is 1. The largest absolute Gasteiger partial charge is 0.493 e. The lowest BCUT2D eigenvalue weighted by atomic mass is 10.2. The zero-order valence-electron chi connectivity index (χ0n) is 16.4. The molecule has 3 aromatic rings. The van der Waals surface area contributed by atoms with Gasteiger partial charge in [-0.3, -0.25) is 0 Å². The van der Waals surface area contributed by atoms with E-state index >= 15 is 0 Å². The van der Waals surface area contributed by atoms with Crippen LogP contribution in [0.25, 0.3) is 10.6 Å². The third-order valence-corrected chi connectivity index (χ3v) is 7.91. The molecule has 1 aliphatic rings. The maximum atomic E-state index is 12.7. The highest BCUT2D eigenvalue weighted by molar-refractivity contribution is 7.91. The molecule has 0 saturated heterocycles. The first-order valence-corrected chi connectivity index (χ1v) is 11.3. The summed E-state index contributed by atoms with van der Waals surface area (Å²) >= 11 is 1.19. The summed E-state index contributed by atoms with van der Waals surface area (Å²) in [6.45, 7) is 0.810. The molecule has 0 spiro atoms. The lowest BCUT2D eigenvalue weighted by Gasteiger charge is -2.13. The molecule has 0 atom stereocenters. The van der Waals surface area contributed by atoms with E-state index in [0.717, 1.165) is 10.6 Å². The molecule has 0 bridgehead atoms. The molecule has 2 aromatic heterocycles. The van der Waals surface area contributed by atoms with E-state index in [-0.39, 0.29) is 0 Å². The molecule has 0 aliphatic carbocycles. The summed E-state index contributed by atoms with van der Waals surface area (Å²) in [4.78, 5) is 9.53. The molecule has 4 rings (SSSR count). The van der Waals surface area contributed by atoms with Crippen molar-refractivity contribution in [2.75, 3.05) is 32.6 Å². The number of nitrogens with one attached hydrogen (secondary N) is 1. The van der Waals surface area contributed by atoms with Crippen LogP contribution in [0.5, 0.6) is 11.5 Å². The highest BCUT2D eigenvalue weighted by Crippen LogP contribution is 2.33. The third-order valence-electron chi connectivity index (χ3n) is 4.51. The predicted octanol–water partition coefficient (Wildman–Crippen LogP) is 3.53. The topological polar surface area (TPSA) is 93.6 Å². The van der Waals surface area contributed by atoms with Crippen LogP contribution in [0, 0.1) is 0 Å². The smallest absolute Gasteiger partial charge is 0.253 e. The van der Waals surface area contributed by atoms with Gasteiger partial charge in [-0.1, -0.05) is 12.2 Å². The molecule has 30 heavy (non-hydrogen) atoms. The normalized spacial score (nSPS) is 14.1. The van der Waals surface area contributed by atoms with Gasteiger partial charge in [0.25, 0.3) is 10.0 Å². The Bertz CT molecular complexity index is 1180. The Morgan fingerprint density at radius 3 is 2.53 bits per heavy atom. The minimum atomic E-state index is -3.49. The second-order valence-corrected chi connectivity index (χ2v) is 9.62. The Labute approximate surface area is 178 Å². The Balaban J connectivity index is 1.56. The maximum absolute atomic E-state index is 12.7. The summed E-state index contributed by atoms with van der Waals surface area (Å²) in [6.07, 6.45) is 5.33. The first kappa shape index (κ1) is 20.3. The summed E-state index contributed by atoms with van der Waals surface area (Å²) in [5.74, 6) is 1.60. The van der Waals surface area contributed by atoms with E-state index in [9.17, 15) is 8.42 Å². The highest BCUT2D eigenvalue weighted by atomic mass is 32.2. The molecule has 1 aliphatic heterocycles. The average molecular weight is 445 g/mol. The van der Waals surface area contributed by atoms with Gasteiger partial charge >= 0.3 is 0 Å². The van der Waals surface area contributed by atoms with E-state index in [4.69, 9.17) is 9.47 Å². The van der Waals surface area contributed by atoms with Crippen molar-refractivity contribution in [1.82, 2.24) is 14.3 Å². The van der Waals surface area contributed by atoms with E-state index in [0.29, 0.717) is 40.4 Å². The number of thiophene rings is 1. The first-order chi connectivity index (χ1) is 14.5. The van der Waals surface area contributed by atoms with Crippen molar-refractivity contribution in [2.24, 2.45) is 0 Å². The zero-order valence-corrected chi connectivity index (χ0v) is 18.0. The monoisotopic (exact) mass is 444 g/mol. The Kier molecular flexibility index (Phi) is 5.71. The molecule has 156 valence electrons. The second kappa shape index (κ2) is 8.42. The van der Waals surface area contributed by atoms with Gasteiger partial charge in [-0.25, -0.2) is 18.4 Å². The van der Waals surface area contributed by atoms with Gasteiger partial charge in [-0.2, -0.15) is 4.31 Å². The average Bonchev–Trinajstić information content (AvgIpc) is 3.47. The molecule has 3 heterocycles. The fourth-order valence-electron chi connectivity index (χ4n) is 2.98. The van der Waals surface area contributed by atoms with E-state index in [1.807, 2.05) is 18.2 Å². The molecule has 0 saturated carbocycles. The fraction of sp³-hybridized carbons (Fsp3) is 0.200. The third kappa shape index (κ3) is 4.02. The molecule has 10 heteroatoms. The molecule has 1 N–H and O–H groups in total. The molecule has 0 unspecified atom stereocenters. The minimum absolute atomic E-state index is 0.300. The van der Waals surface area contributed by atoms with Crippen LogP contribution in [0.15, 0.2) is 59.0 Å². The number of rotatable bonds is 7. The number of aromatic nitrogens is 2. The quantitative estimate of drug-likeness (QED) is 0.557. The van der Waals surface area contributed by atoms with E-state index in [2.05, 4.69) is 15.3 Å². The van der Waals surface area contributed by atoms with Crippen molar-refractivity contribution in [2.45, 2.75) is 4.21 Å². The standard InChI is InChI=1S/C20H20N4O4S2/c1-27-16-6-5-14(13-17(16)28-2)22-20-21-10-9-15(23-20)18-7-8-19(29-18)30(25,26)24-11-3-4-12-24/h3-10,13H,11-12H2,1-2H3,(H,21,22,23). The lowest BCUT2D eigenvalue weighted by molar-refractivity contribution is 0.355. The van der Waals surface area contributed by atoms with Crippen LogP contribution in [0.1, 0.15) is 0 Å². The number of ether oxygens (including phenoxy) is 2. The summed E-state index contributed by atoms with van der Waals surface area (Å²) in [6, 6.07) is 10.5. The van der Waals surface area contributed by atoms with Crippen LogP contribution < -0.4 is 14.8 Å². The highest BCUT2D eigenvalue weighted by Gasteiger charge is 2.26. The van der Waals surface area contributed by atoms with Crippen LogP contribution in [0.2, 0.25) is 0 Å². The summed E-state index contributed by atoms with van der Waals surface area (Å²) in [5.41, 5.74) is 1.37. The Hall–Kier alpha value is -2.95. The van der Waals surface area contributed by atoms with Gasteiger partial charge in [-0.05, 0) is 30.3 Å². The van der Waals surface area contributed by atoms with E-state index in [1.54, 1.807) is 50.7 Å².